The molecule has 3 aliphatic heterocycles. The maximum atomic E-state index is 14.7. The minimum atomic E-state index is -1.39. The van der Waals surface area contributed by atoms with E-state index in [1.807, 2.05) is 77.2 Å². The summed E-state index contributed by atoms with van der Waals surface area (Å²) in [5.41, 5.74) is 2.00. The lowest BCUT2D eigenvalue weighted by atomic mass is 9.63. The molecule has 200 valence electrons. The lowest BCUT2D eigenvalue weighted by Crippen LogP contribution is -2.49. The minimum absolute atomic E-state index is 0.230. The van der Waals surface area contributed by atoms with E-state index in [2.05, 4.69) is 5.32 Å². The number of Topliss-reactive ketones (excluding diaryl/α,β-unsaturated/α-hetero) is 2. The lowest BCUT2D eigenvalue weighted by Gasteiger charge is -2.38. The fraction of sp³-hybridized carbons (Fsp3) is 0.152. The molecule has 4 heterocycles. The van der Waals surface area contributed by atoms with E-state index in [4.69, 9.17) is 10.00 Å². The number of para-hydroxylation sites is 2. The van der Waals surface area contributed by atoms with Crippen LogP contribution < -0.4 is 10.1 Å². The van der Waals surface area contributed by atoms with Gasteiger partial charge in [0, 0.05) is 11.9 Å². The highest BCUT2D eigenvalue weighted by Crippen LogP contribution is 2.62. The molecule has 1 saturated heterocycles. The molecular weight excluding hydrogens is 534 g/mol. The Kier molecular flexibility index (Phi) is 5.84. The fourth-order valence-electron chi connectivity index (χ4n) is 6.81. The molecular formula is C33H23N3O4S. The molecule has 1 fully saturated rings. The van der Waals surface area contributed by atoms with Crippen LogP contribution in [0.3, 0.4) is 0 Å². The van der Waals surface area contributed by atoms with Crippen LogP contribution in [-0.4, -0.2) is 35.0 Å². The summed E-state index contributed by atoms with van der Waals surface area (Å²) < 4.78 is 5.64. The molecule has 0 aliphatic carbocycles. The summed E-state index contributed by atoms with van der Waals surface area (Å²) in [6.45, 7) is -0.230. The molecule has 3 aromatic carbocycles. The predicted molar refractivity (Wildman–Crippen MR) is 155 cm³/mol. The number of hydrogen-bond donors (Lipinski definition) is 1. The first-order chi connectivity index (χ1) is 20.1. The average molecular weight is 558 g/mol. The monoisotopic (exact) mass is 557 g/mol. The zero-order valence-corrected chi connectivity index (χ0v) is 22.5. The Morgan fingerprint density at radius 3 is 2.59 bits per heavy atom. The second-order valence-corrected chi connectivity index (χ2v) is 11.2. The summed E-state index contributed by atoms with van der Waals surface area (Å²) in [5, 5.41) is 14.0. The highest BCUT2D eigenvalue weighted by atomic mass is 32.1. The Labute approximate surface area is 240 Å². The highest BCUT2D eigenvalue weighted by Gasteiger charge is 2.71. The van der Waals surface area contributed by atoms with Gasteiger partial charge in [0.05, 0.1) is 22.4 Å². The van der Waals surface area contributed by atoms with E-state index in [9.17, 15) is 14.4 Å². The van der Waals surface area contributed by atoms with Crippen LogP contribution in [0.5, 0.6) is 5.75 Å². The van der Waals surface area contributed by atoms with E-state index in [1.165, 1.54) is 11.3 Å². The van der Waals surface area contributed by atoms with Gasteiger partial charge in [-0.3, -0.25) is 14.4 Å². The number of fused-ring (bicyclic) bond motifs is 6. The molecule has 1 spiro atoms. The number of hydrogen-bond acceptors (Lipinski definition) is 7. The van der Waals surface area contributed by atoms with Crippen molar-refractivity contribution in [1.29, 1.82) is 5.26 Å². The van der Waals surface area contributed by atoms with Crippen molar-refractivity contribution < 1.29 is 19.1 Å². The number of nitriles is 1. The van der Waals surface area contributed by atoms with E-state index in [0.717, 1.165) is 11.1 Å². The molecule has 7 rings (SSSR count). The van der Waals surface area contributed by atoms with Crippen LogP contribution in [0.25, 0.3) is 6.08 Å². The van der Waals surface area contributed by atoms with Crippen molar-refractivity contribution >= 4 is 40.6 Å². The first kappa shape index (κ1) is 25.0. The van der Waals surface area contributed by atoms with E-state index >= 15 is 0 Å². The summed E-state index contributed by atoms with van der Waals surface area (Å²) in [6.07, 6.45) is 3.76. The third-order valence-corrected chi connectivity index (χ3v) is 9.21. The van der Waals surface area contributed by atoms with Gasteiger partial charge < -0.3 is 15.0 Å². The summed E-state index contributed by atoms with van der Waals surface area (Å²) >= 11 is 1.30. The number of benzene rings is 3. The van der Waals surface area contributed by atoms with Crippen LogP contribution in [0.1, 0.15) is 42.8 Å². The van der Waals surface area contributed by atoms with Gasteiger partial charge in [-0.1, -0.05) is 60.7 Å². The Morgan fingerprint density at radius 2 is 1.76 bits per heavy atom. The number of ketones is 2. The Balaban J connectivity index is 1.52. The molecule has 8 heteroatoms. The van der Waals surface area contributed by atoms with E-state index in [1.54, 1.807) is 36.4 Å². The van der Waals surface area contributed by atoms with Crippen LogP contribution in [-0.2, 0) is 10.2 Å². The quantitative estimate of drug-likeness (QED) is 0.309. The van der Waals surface area contributed by atoms with Gasteiger partial charge >= 0.3 is 0 Å². The van der Waals surface area contributed by atoms with Crippen molar-refractivity contribution in [3.8, 4) is 11.8 Å². The van der Waals surface area contributed by atoms with Gasteiger partial charge in [-0.05, 0) is 52.4 Å². The third kappa shape index (κ3) is 3.52. The number of ether oxygens (including phenoxy) is 1. The van der Waals surface area contributed by atoms with Crippen molar-refractivity contribution in [2.45, 2.75) is 17.5 Å². The predicted octanol–water partition coefficient (Wildman–Crippen LogP) is 5.63. The Morgan fingerprint density at radius 1 is 0.976 bits per heavy atom. The van der Waals surface area contributed by atoms with Crippen molar-refractivity contribution in [1.82, 2.24) is 4.90 Å². The second-order valence-electron chi connectivity index (χ2n) is 10.2. The standard InChI is InChI=1S/C33H23N3O4S/c34-16-18-40-25-13-6-3-10-22(25)29(37)28-27(30(38)26-14-7-19-41-26)33(23-11-4-5-12-24(23)35-32(33)39)31-21-9-2-1-8-20(21)15-17-36(28)31/h1-15,17,19,27-28,31H,18H2,(H,35,39)/t27-,28+,31-,33+/m1/s1. The van der Waals surface area contributed by atoms with E-state index in [0.29, 0.717) is 16.1 Å². The lowest BCUT2D eigenvalue weighted by molar-refractivity contribution is -0.122. The molecule has 1 amide bonds. The Bertz CT molecular complexity index is 1790. The van der Waals surface area contributed by atoms with Gasteiger partial charge in [-0.2, -0.15) is 5.26 Å². The zero-order valence-electron chi connectivity index (χ0n) is 21.7. The van der Waals surface area contributed by atoms with Gasteiger partial charge in [0.15, 0.2) is 18.2 Å². The first-order valence-corrected chi connectivity index (χ1v) is 14.1. The fourth-order valence-corrected chi connectivity index (χ4v) is 7.51. The molecule has 0 radical (unpaired) electrons. The summed E-state index contributed by atoms with van der Waals surface area (Å²) in [6, 6.07) is 25.8. The first-order valence-electron chi connectivity index (χ1n) is 13.2. The van der Waals surface area contributed by atoms with Crippen molar-refractivity contribution in [3.63, 3.8) is 0 Å². The molecule has 1 aromatic heterocycles. The summed E-state index contributed by atoms with van der Waals surface area (Å²) in [7, 11) is 0. The summed E-state index contributed by atoms with van der Waals surface area (Å²) in [4.78, 5) is 46.2. The van der Waals surface area contributed by atoms with Gasteiger partial charge in [-0.15, -0.1) is 11.3 Å². The molecule has 3 aliphatic rings. The number of carbonyl (C=O) groups excluding carboxylic acids is 3. The van der Waals surface area contributed by atoms with E-state index in [-0.39, 0.29) is 35.4 Å². The largest absolute Gasteiger partial charge is 0.478 e. The molecule has 41 heavy (non-hydrogen) atoms. The minimum Gasteiger partial charge on any atom is -0.478 e. The number of rotatable bonds is 6. The SMILES string of the molecule is N#CCOc1ccccc1C(=O)[C@@H]1[C@H](C(=O)c2cccs2)[C@]2(C(=O)Nc3ccccc32)[C@H]2c3ccccc3C=CN12. The normalized spacial score (nSPS) is 23.3. The van der Waals surface area contributed by atoms with Gasteiger partial charge in [0.2, 0.25) is 5.91 Å². The Hall–Kier alpha value is -5.00. The molecule has 4 atom stereocenters. The van der Waals surface area contributed by atoms with Crippen molar-refractivity contribution in [3.05, 3.63) is 124 Å². The van der Waals surface area contributed by atoms with Gasteiger partial charge in [-0.25, -0.2) is 0 Å². The molecule has 0 saturated carbocycles. The summed E-state index contributed by atoms with van der Waals surface area (Å²) in [5.74, 6) is -1.71. The maximum absolute atomic E-state index is 14.7. The molecule has 7 nitrogen and oxygen atoms in total. The average Bonchev–Trinajstić information content (AvgIpc) is 3.72. The van der Waals surface area contributed by atoms with Gasteiger partial charge in [0.1, 0.15) is 23.3 Å². The van der Waals surface area contributed by atoms with Crippen LogP contribution >= 0.6 is 11.3 Å². The number of nitrogens with zero attached hydrogens (tertiary/aromatic N) is 2. The topological polar surface area (TPSA) is 99.5 Å². The zero-order chi connectivity index (χ0) is 28.1. The number of carbonyl (C=O) groups is 3. The molecule has 0 unspecified atom stereocenters. The van der Waals surface area contributed by atoms with Crippen molar-refractivity contribution in [2.75, 3.05) is 11.9 Å². The van der Waals surface area contributed by atoms with Crippen LogP contribution in [0.15, 0.2) is 96.5 Å². The third-order valence-electron chi connectivity index (χ3n) is 8.33. The molecule has 4 aromatic rings. The number of anilines is 1. The smallest absolute Gasteiger partial charge is 0.238 e. The second kappa shape index (κ2) is 9.58. The van der Waals surface area contributed by atoms with E-state index < -0.39 is 23.4 Å². The number of nitrogens with one attached hydrogen (secondary N) is 1. The number of thiophene rings is 1. The van der Waals surface area contributed by atoms with Crippen LogP contribution in [0, 0.1) is 17.2 Å². The van der Waals surface area contributed by atoms with Crippen LogP contribution in [0.4, 0.5) is 5.69 Å². The maximum Gasteiger partial charge on any atom is 0.238 e. The van der Waals surface area contributed by atoms with Crippen LogP contribution in [0.2, 0.25) is 0 Å². The number of amides is 1. The van der Waals surface area contributed by atoms with Crippen molar-refractivity contribution in [2.24, 2.45) is 5.92 Å². The molecule has 1 N–H and O–H groups in total. The highest BCUT2D eigenvalue weighted by molar-refractivity contribution is 7.12. The van der Waals surface area contributed by atoms with Gasteiger partial charge in [0.25, 0.3) is 0 Å². The molecule has 0 bridgehead atoms.